The molecule has 1 aromatic heterocycles. The quantitative estimate of drug-likeness (QED) is 0.667. The van der Waals surface area contributed by atoms with Gasteiger partial charge in [-0.3, -0.25) is 4.79 Å². The van der Waals surface area contributed by atoms with Crippen molar-refractivity contribution in [3.05, 3.63) is 29.8 Å². The Morgan fingerprint density at radius 3 is 2.72 bits per heavy atom. The van der Waals surface area contributed by atoms with E-state index in [0.717, 1.165) is 23.1 Å². The van der Waals surface area contributed by atoms with E-state index in [1.165, 1.54) is 37.4 Å². The van der Waals surface area contributed by atoms with Gasteiger partial charge >= 0.3 is 0 Å². The Labute approximate surface area is 176 Å². The fraction of sp³-hybridized carbons (Fsp3) is 0.619. The molecule has 0 radical (unpaired) electrons. The number of nitrogens with one attached hydrogen (secondary N) is 1. The summed E-state index contributed by atoms with van der Waals surface area (Å²) in [5.41, 5.74) is 1.07. The second-order valence-electron chi connectivity index (χ2n) is 8.36. The summed E-state index contributed by atoms with van der Waals surface area (Å²) in [6, 6.07) is 8.04. The lowest BCUT2D eigenvalue weighted by molar-refractivity contribution is -0.121. The summed E-state index contributed by atoms with van der Waals surface area (Å²) in [5, 5.41) is 15.6. The van der Waals surface area contributed by atoms with Crippen LogP contribution in [0.5, 0.6) is 5.75 Å². The van der Waals surface area contributed by atoms with Gasteiger partial charge in [-0.05, 0) is 79.0 Å². The van der Waals surface area contributed by atoms with Crippen LogP contribution < -0.4 is 10.1 Å². The number of hydrogen-bond acceptors (Lipinski definition) is 6. The van der Waals surface area contributed by atoms with Crippen LogP contribution in [0.1, 0.15) is 45.1 Å². The standard InChI is InChI=1S/C21H29N5O2S/c1-13(19-11-16-4-7-17(19)10-16)22-20(27)14(2)29-21-23-24-25-26(21)12-15-5-8-18(28-3)9-6-15/h5-6,8-9,13-14,16-17,19H,4,7,10-12H2,1-3H3,(H,22,27). The van der Waals surface area contributed by atoms with E-state index in [1.54, 1.807) is 11.8 Å². The fourth-order valence-electron chi connectivity index (χ4n) is 4.85. The first-order chi connectivity index (χ1) is 14.0. The normalized spacial score (nSPS) is 25.0. The van der Waals surface area contributed by atoms with Gasteiger partial charge in [0.05, 0.1) is 18.9 Å². The van der Waals surface area contributed by atoms with E-state index in [4.69, 9.17) is 4.74 Å². The lowest BCUT2D eigenvalue weighted by atomic mass is 9.84. The number of fused-ring (bicyclic) bond motifs is 2. The fourth-order valence-corrected chi connectivity index (χ4v) is 5.65. The predicted octanol–water partition coefficient (Wildman–Crippen LogP) is 3.15. The Kier molecular flexibility index (Phi) is 6.08. The molecular weight excluding hydrogens is 386 g/mol. The van der Waals surface area contributed by atoms with Crippen LogP contribution in [0.3, 0.4) is 0 Å². The first-order valence-corrected chi connectivity index (χ1v) is 11.3. The first kappa shape index (κ1) is 20.2. The molecule has 1 aromatic carbocycles. The molecule has 0 aliphatic heterocycles. The predicted molar refractivity (Wildman–Crippen MR) is 112 cm³/mol. The first-order valence-electron chi connectivity index (χ1n) is 10.4. The molecule has 29 heavy (non-hydrogen) atoms. The maximum absolute atomic E-state index is 12.8. The number of methoxy groups -OCH3 is 1. The van der Waals surface area contributed by atoms with Crippen LogP contribution in [-0.4, -0.2) is 44.5 Å². The van der Waals surface area contributed by atoms with E-state index in [0.29, 0.717) is 17.6 Å². The lowest BCUT2D eigenvalue weighted by Gasteiger charge is -2.29. The topological polar surface area (TPSA) is 81.9 Å². The van der Waals surface area contributed by atoms with Crippen LogP contribution in [0.15, 0.2) is 29.4 Å². The highest BCUT2D eigenvalue weighted by Crippen LogP contribution is 2.49. The van der Waals surface area contributed by atoms with E-state index in [1.807, 2.05) is 31.2 Å². The zero-order chi connectivity index (χ0) is 20.4. The Hall–Kier alpha value is -2.09. The molecule has 2 saturated carbocycles. The molecular formula is C21H29N5O2S. The van der Waals surface area contributed by atoms with Gasteiger partial charge in [0, 0.05) is 6.04 Å². The zero-order valence-corrected chi connectivity index (χ0v) is 18.1. The van der Waals surface area contributed by atoms with Crippen molar-refractivity contribution in [1.82, 2.24) is 25.5 Å². The van der Waals surface area contributed by atoms with E-state index in [9.17, 15) is 4.79 Å². The van der Waals surface area contributed by atoms with Crippen molar-refractivity contribution in [1.29, 1.82) is 0 Å². The van der Waals surface area contributed by atoms with Crippen molar-refractivity contribution >= 4 is 17.7 Å². The molecule has 2 fully saturated rings. The SMILES string of the molecule is COc1ccc(Cn2nnnc2SC(C)C(=O)NC(C)C2CC3CCC2C3)cc1. The molecule has 0 spiro atoms. The molecule has 4 rings (SSSR count). The van der Waals surface area contributed by atoms with Crippen LogP contribution >= 0.6 is 11.8 Å². The summed E-state index contributed by atoms with van der Waals surface area (Å²) in [4.78, 5) is 12.8. The molecule has 5 unspecified atom stereocenters. The van der Waals surface area contributed by atoms with Crippen LogP contribution in [0, 0.1) is 17.8 Å². The van der Waals surface area contributed by atoms with Gasteiger partial charge in [-0.15, -0.1) is 5.10 Å². The van der Waals surface area contributed by atoms with Crippen molar-refractivity contribution in [2.24, 2.45) is 17.8 Å². The average molecular weight is 416 g/mol. The number of benzene rings is 1. The number of amides is 1. The third-order valence-electron chi connectivity index (χ3n) is 6.45. The maximum Gasteiger partial charge on any atom is 0.233 e. The largest absolute Gasteiger partial charge is 0.497 e. The maximum atomic E-state index is 12.8. The Balaban J connectivity index is 1.32. The van der Waals surface area contributed by atoms with Gasteiger partial charge in [0.2, 0.25) is 11.1 Å². The van der Waals surface area contributed by atoms with Crippen molar-refractivity contribution in [3.63, 3.8) is 0 Å². The van der Waals surface area contributed by atoms with Gasteiger partial charge in [0.25, 0.3) is 0 Å². The molecule has 2 aromatic rings. The van der Waals surface area contributed by atoms with Crippen molar-refractivity contribution in [2.45, 2.75) is 62.5 Å². The number of nitrogens with zero attached hydrogens (tertiary/aromatic N) is 4. The number of hydrogen-bond donors (Lipinski definition) is 1. The van der Waals surface area contributed by atoms with E-state index >= 15 is 0 Å². The highest BCUT2D eigenvalue weighted by atomic mass is 32.2. The summed E-state index contributed by atoms with van der Waals surface area (Å²) in [5.74, 6) is 3.20. The van der Waals surface area contributed by atoms with E-state index in [2.05, 4.69) is 27.8 Å². The molecule has 2 aliphatic carbocycles. The van der Waals surface area contributed by atoms with Gasteiger partial charge in [-0.1, -0.05) is 30.3 Å². The van der Waals surface area contributed by atoms with E-state index in [-0.39, 0.29) is 17.2 Å². The number of aromatic nitrogens is 4. The molecule has 1 amide bonds. The lowest BCUT2D eigenvalue weighted by Crippen LogP contribution is -2.43. The summed E-state index contributed by atoms with van der Waals surface area (Å²) >= 11 is 1.40. The molecule has 8 heteroatoms. The van der Waals surface area contributed by atoms with Gasteiger partial charge in [0.1, 0.15) is 5.75 Å². The number of tetrazole rings is 1. The number of carbonyl (C=O) groups is 1. The Bertz CT molecular complexity index is 840. The minimum Gasteiger partial charge on any atom is -0.497 e. The van der Waals surface area contributed by atoms with Gasteiger partial charge < -0.3 is 10.1 Å². The van der Waals surface area contributed by atoms with Gasteiger partial charge in [-0.25, -0.2) is 4.68 Å². The third kappa shape index (κ3) is 4.57. The molecule has 156 valence electrons. The second-order valence-corrected chi connectivity index (χ2v) is 9.67. The molecule has 2 bridgehead atoms. The van der Waals surface area contributed by atoms with E-state index < -0.39 is 0 Å². The summed E-state index contributed by atoms with van der Waals surface area (Å²) < 4.78 is 6.93. The number of ether oxygens (including phenoxy) is 1. The molecule has 1 N–H and O–H groups in total. The second kappa shape index (κ2) is 8.73. The molecule has 7 nitrogen and oxygen atoms in total. The smallest absolute Gasteiger partial charge is 0.233 e. The Morgan fingerprint density at radius 1 is 1.28 bits per heavy atom. The molecule has 5 atom stereocenters. The Morgan fingerprint density at radius 2 is 2.07 bits per heavy atom. The van der Waals surface area contributed by atoms with Crippen molar-refractivity contribution in [2.75, 3.05) is 7.11 Å². The summed E-state index contributed by atoms with van der Waals surface area (Å²) in [7, 11) is 1.65. The van der Waals surface area contributed by atoms with Crippen LogP contribution in [0.4, 0.5) is 0 Å². The average Bonchev–Trinajstić information content (AvgIpc) is 3.46. The number of carbonyl (C=O) groups excluding carboxylic acids is 1. The van der Waals surface area contributed by atoms with Crippen LogP contribution in [0.25, 0.3) is 0 Å². The zero-order valence-electron chi connectivity index (χ0n) is 17.2. The molecule has 1 heterocycles. The van der Waals surface area contributed by atoms with Crippen LogP contribution in [0.2, 0.25) is 0 Å². The summed E-state index contributed by atoms with van der Waals surface area (Å²) in [6.07, 6.45) is 5.34. The van der Waals surface area contributed by atoms with Gasteiger partial charge in [-0.2, -0.15) is 0 Å². The summed E-state index contributed by atoms with van der Waals surface area (Å²) in [6.45, 7) is 4.63. The van der Waals surface area contributed by atoms with Crippen molar-refractivity contribution < 1.29 is 9.53 Å². The molecule has 0 saturated heterocycles. The number of thioether (sulfide) groups is 1. The highest BCUT2D eigenvalue weighted by molar-refractivity contribution is 8.00. The van der Waals surface area contributed by atoms with Crippen molar-refractivity contribution in [3.8, 4) is 5.75 Å². The molecule has 2 aliphatic rings. The number of rotatable bonds is 8. The van der Waals surface area contributed by atoms with Crippen LogP contribution in [-0.2, 0) is 11.3 Å². The third-order valence-corrected chi connectivity index (χ3v) is 7.52. The highest BCUT2D eigenvalue weighted by Gasteiger charge is 2.42. The minimum absolute atomic E-state index is 0.0595. The minimum atomic E-state index is -0.253. The monoisotopic (exact) mass is 415 g/mol. The van der Waals surface area contributed by atoms with Gasteiger partial charge in [0.15, 0.2) is 0 Å².